The summed E-state index contributed by atoms with van der Waals surface area (Å²) in [7, 11) is 0. The average molecular weight is 362 g/mol. The van der Waals surface area contributed by atoms with E-state index in [9.17, 15) is 4.79 Å². The van der Waals surface area contributed by atoms with Crippen molar-refractivity contribution in [1.82, 2.24) is 29.6 Å². The SMILES string of the molecule is C[C@H]1CN(C(=O)CCc2cnccn2)Cc2nnc(Cc3ccccc3)n21. The summed E-state index contributed by atoms with van der Waals surface area (Å²) in [6.07, 6.45) is 6.77. The fourth-order valence-corrected chi connectivity index (χ4v) is 3.55. The van der Waals surface area contributed by atoms with Crippen molar-refractivity contribution in [3.8, 4) is 0 Å². The zero-order chi connectivity index (χ0) is 18.6. The normalized spacial score (nSPS) is 16.2. The first-order valence-electron chi connectivity index (χ1n) is 9.20. The van der Waals surface area contributed by atoms with E-state index in [0.717, 1.165) is 23.8 Å². The highest BCUT2D eigenvalue weighted by Crippen LogP contribution is 2.23. The molecule has 7 nitrogen and oxygen atoms in total. The van der Waals surface area contributed by atoms with Gasteiger partial charge in [-0.3, -0.25) is 14.8 Å². The molecule has 0 unspecified atom stereocenters. The molecule has 0 bridgehead atoms. The maximum absolute atomic E-state index is 12.6. The number of nitrogens with zero attached hydrogens (tertiary/aromatic N) is 6. The van der Waals surface area contributed by atoms with Crippen LogP contribution in [0.2, 0.25) is 0 Å². The minimum Gasteiger partial charge on any atom is -0.333 e. The number of carbonyl (C=O) groups is 1. The van der Waals surface area contributed by atoms with Gasteiger partial charge in [-0.05, 0) is 18.9 Å². The number of aromatic nitrogens is 5. The lowest BCUT2D eigenvalue weighted by atomic mass is 10.1. The van der Waals surface area contributed by atoms with E-state index in [0.29, 0.717) is 25.9 Å². The van der Waals surface area contributed by atoms with Gasteiger partial charge in [-0.2, -0.15) is 0 Å². The lowest BCUT2D eigenvalue weighted by Crippen LogP contribution is -2.41. The number of carbonyl (C=O) groups excluding carboxylic acids is 1. The van der Waals surface area contributed by atoms with E-state index in [1.165, 1.54) is 5.56 Å². The zero-order valence-electron chi connectivity index (χ0n) is 15.3. The molecule has 138 valence electrons. The lowest BCUT2D eigenvalue weighted by Gasteiger charge is -2.32. The minimum absolute atomic E-state index is 0.117. The molecule has 27 heavy (non-hydrogen) atoms. The molecule has 0 fully saturated rings. The smallest absolute Gasteiger partial charge is 0.223 e. The maximum Gasteiger partial charge on any atom is 0.223 e. The summed E-state index contributed by atoms with van der Waals surface area (Å²) in [6.45, 7) is 3.29. The summed E-state index contributed by atoms with van der Waals surface area (Å²) >= 11 is 0. The largest absolute Gasteiger partial charge is 0.333 e. The second kappa shape index (κ2) is 7.65. The molecule has 1 aromatic carbocycles. The van der Waals surface area contributed by atoms with Gasteiger partial charge < -0.3 is 9.47 Å². The summed E-state index contributed by atoms with van der Waals surface area (Å²) in [4.78, 5) is 22.8. The number of aryl methyl sites for hydroxylation is 1. The van der Waals surface area contributed by atoms with E-state index >= 15 is 0 Å². The van der Waals surface area contributed by atoms with Crippen LogP contribution >= 0.6 is 0 Å². The van der Waals surface area contributed by atoms with Gasteiger partial charge in [0.1, 0.15) is 5.82 Å². The van der Waals surface area contributed by atoms with Gasteiger partial charge in [-0.1, -0.05) is 30.3 Å². The second-order valence-electron chi connectivity index (χ2n) is 6.88. The summed E-state index contributed by atoms with van der Waals surface area (Å²) in [6, 6.07) is 10.4. The van der Waals surface area contributed by atoms with Crippen LogP contribution in [0.5, 0.6) is 0 Å². The first kappa shape index (κ1) is 17.3. The first-order valence-corrected chi connectivity index (χ1v) is 9.20. The molecule has 1 amide bonds. The molecule has 2 aromatic heterocycles. The second-order valence-corrected chi connectivity index (χ2v) is 6.88. The monoisotopic (exact) mass is 362 g/mol. The Labute approximate surface area is 158 Å². The van der Waals surface area contributed by atoms with Crippen LogP contribution in [0.25, 0.3) is 0 Å². The van der Waals surface area contributed by atoms with Gasteiger partial charge in [0.2, 0.25) is 5.91 Å². The van der Waals surface area contributed by atoms with Gasteiger partial charge in [0, 0.05) is 38.0 Å². The Bertz CT molecular complexity index is 909. The Morgan fingerprint density at radius 1 is 1.19 bits per heavy atom. The molecule has 1 atom stereocenters. The molecule has 0 radical (unpaired) electrons. The molecular formula is C20H22N6O. The van der Waals surface area contributed by atoms with Gasteiger partial charge >= 0.3 is 0 Å². The minimum atomic E-state index is 0.117. The highest BCUT2D eigenvalue weighted by Gasteiger charge is 2.28. The Balaban J connectivity index is 1.43. The van der Waals surface area contributed by atoms with Crippen LogP contribution in [0, 0.1) is 0 Å². The molecular weight excluding hydrogens is 340 g/mol. The quantitative estimate of drug-likeness (QED) is 0.695. The molecule has 1 aliphatic heterocycles. The van der Waals surface area contributed by atoms with Crippen molar-refractivity contribution in [2.24, 2.45) is 0 Å². The topological polar surface area (TPSA) is 76.8 Å². The molecule has 0 saturated carbocycles. The van der Waals surface area contributed by atoms with E-state index in [2.05, 4.69) is 43.8 Å². The first-order chi connectivity index (χ1) is 13.2. The van der Waals surface area contributed by atoms with Gasteiger partial charge in [-0.25, -0.2) is 0 Å². The highest BCUT2D eigenvalue weighted by molar-refractivity contribution is 5.76. The van der Waals surface area contributed by atoms with Crippen LogP contribution < -0.4 is 0 Å². The predicted molar refractivity (Wildman–Crippen MR) is 99.8 cm³/mol. The van der Waals surface area contributed by atoms with Crippen LogP contribution in [0.3, 0.4) is 0 Å². The maximum atomic E-state index is 12.6. The van der Waals surface area contributed by atoms with E-state index in [-0.39, 0.29) is 11.9 Å². The third-order valence-corrected chi connectivity index (χ3v) is 4.86. The highest BCUT2D eigenvalue weighted by atomic mass is 16.2. The molecule has 3 aromatic rings. The van der Waals surface area contributed by atoms with Gasteiger partial charge in [0.25, 0.3) is 0 Å². The fourth-order valence-electron chi connectivity index (χ4n) is 3.55. The van der Waals surface area contributed by atoms with Crippen molar-refractivity contribution in [2.75, 3.05) is 6.54 Å². The predicted octanol–water partition coefficient (Wildman–Crippen LogP) is 2.19. The zero-order valence-corrected chi connectivity index (χ0v) is 15.3. The Hall–Kier alpha value is -3.09. The number of fused-ring (bicyclic) bond motifs is 1. The third-order valence-electron chi connectivity index (χ3n) is 4.86. The van der Waals surface area contributed by atoms with Crippen molar-refractivity contribution < 1.29 is 4.79 Å². The van der Waals surface area contributed by atoms with E-state index in [1.54, 1.807) is 18.6 Å². The number of rotatable bonds is 5. The molecule has 3 heterocycles. The van der Waals surface area contributed by atoms with E-state index < -0.39 is 0 Å². The summed E-state index contributed by atoms with van der Waals surface area (Å²) in [5.41, 5.74) is 2.05. The van der Waals surface area contributed by atoms with E-state index in [4.69, 9.17) is 0 Å². The summed E-state index contributed by atoms with van der Waals surface area (Å²) in [5.74, 6) is 1.93. The van der Waals surface area contributed by atoms with Gasteiger partial charge in [0.05, 0.1) is 18.3 Å². The Morgan fingerprint density at radius 2 is 2.04 bits per heavy atom. The van der Waals surface area contributed by atoms with Crippen LogP contribution in [0.4, 0.5) is 0 Å². The van der Waals surface area contributed by atoms with Crippen molar-refractivity contribution in [2.45, 2.75) is 38.8 Å². The molecule has 0 saturated heterocycles. The molecule has 0 aliphatic carbocycles. The number of amides is 1. The summed E-state index contributed by atoms with van der Waals surface area (Å²) < 4.78 is 2.18. The Kier molecular flexibility index (Phi) is 4.91. The number of hydrogen-bond donors (Lipinski definition) is 0. The van der Waals surface area contributed by atoms with Crippen molar-refractivity contribution >= 4 is 5.91 Å². The molecule has 7 heteroatoms. The molecule has 1 aliphatic rings. The molecule has 0 N–H and O–H groups in total. The summed E-state index contributed by atoms with van der Waals surface area (Å²) in [5, 5.41) is 8.74. The molecule has 0 spiro atoms. The van der Waals surface area contributed by atoms with Crippen LogP contribution in [-0.4, -0.2) is 42.1 Å². The van der Waals surface area contributed by atoms with Crippen molar-refractivity contribution in [1.29, 1.82) is 0 Å². The van der Waals surface area contributed by atoms with Crippen molar-refractivity contribution in [3.63, 3.8) is 0 Å². The van der Waals surface area contributed by atoms with E-state index in [1.807, 2.05) is 23.1 Å². The van der Waals surface area contributed by atoms with Gasteiger partial charge in [0.15, 0.2) is 5.82 Å². The number of benzene rings is 1. The fraction of sp³-hybridized carbons (Fsp3) is 0.350. The number of hydrogen-bond acceptors (Lipinski definition) is 5. The van der Waals surface area contributed by atoms with Crippen LogP contribution in [0.15, 0.2) is 48.9 Å². The van der Waals surface area contributed by atoms with Gasteiger partial charge in [-0.15, -0.1) is 10.2 Å². The molecule has 4 rings (SSSR count). The standard InChI is InChI=1S/C20H22N6O/c1-15-13-25(20(27)8-7-17-12-21-9-10-22-17)14-19-24-23-18(26(15)19)11-16-5-3-2-4-6-16/h2-6,9-10,12,15H,7-8,11,13-14H2,1H3/t15-/m0/s1. The van der Waals surface area contributed by atoms with Crippen molar-refractivity contribution in [3.05, 3.63) is 71.8 Å². The third kappa shape index (κ3) is 3.86. The van der Waals surface area contributed by atoms with Crippen LogP contribution in [-0.2, 0) is 24.2 Å². The Morgan fingerprint density at radius 3 is 2.81 bits per heavy atom. The van der Waals surface area contributed by atoms with Crippen LogP contribution in [0.1, 0.15) is 42.3 Å². The lowest BCUT2D eigenvalue weighted by molar-refractivity contribution is -0.133. The average Bonchev–Trinajstić information content (AvgIpc) is 3.11.